The van der Waals surface area contributed by atoms with Crippen molar-refractivity contribution in [1.82, 2.24) is 0 Å². The third kappa shape index (κ3) is 2.99. The van der Waals surface area contributed by atoms with Gasteiger partial charge < -0.3 is 10.5 Å². The van der Waals surface area contributed by atoms with E-state index in [4.69, 9.17) is 5.73 Å². The lowest BCUT2D eigenvalue weighted by Gasteiger charge is -2.36. The van der Waals surface area contributed by atoms with E-state index in [-0.39, 0.29) is 17.8 Å². The molecule has 0 amide bonds. The first-order chi connectivity index (χ1) is 5.84. The van der Waals surface area contributed by atoms with E-state index in [0.29, 0.717) is 6.42 Å². The maximum Gasteiger partial charge on any atom is 0.307 e. The topological polar surface area (TPSA) is 52.3 Å². The third-order valence-electron chi connectivity index (χ3n) is 2.83. The van der Waals surface area contributed by atoms with Gasteiger partial charge in [-0.3, -0.25) is 4.79 Å². The van der Waals surface area contributed by atoms with Gasteiger partial charge in [0.15, 0.2) is 0 Å². The van der Waals surface area contributed by atoms with Gasteiger partial charge in [0.25, 0.3) is 0 Å². The maximum atomic E-state index is 11.1. The zero-order chi connectivity index (χ0) is 10.6. The standard InChI is InChI=1S/C10H21NO2/c1-7(2)10(11,8(3)4)6-9(12)13-5/h7-8H,6,11H2,1-5H3. The lowest BCUT2D eigenvalue weighted by molar-refractivity contribution is -0.143. The smallest absolute Gasteiger partial charge is 0.307 e. The van der Waals surface area contributed by atoms with Crippen LogP contribution in [-0.2, 0) is 9.53 Å². The fourth-order valence-electron chi connectivity index (χ4n) is 1.40. The van der Waals surface area contributed by atoms with Gasteiger partial charge in [0.2, 0.25) is 0 Å². The second-order valence-corrected chi connectivity index (χ2v) is 4.17. The highest BCUT2D eigenvalue weighted by atomic mass is 16.5. The number of hydrogen-bond acceptors (Lipinski definition) is 3. The Morgan fingerprint density at radius 3 is 1.92 bits per heavy atom. The summed E-state index contributed by atoms with van der Waals surface area (Å²) in [5, 5.41) is 0. The summed E-state index contributed by atoms with van der Waals surface area (Å²) >= 11 is 0. The highest BCUT2D eigenvalue weighted by Gasteiger charge is 2.35. The Morgan fingerprint density at radius 1 is 1.31 bits per heavy atom. The number of nitrogens with two attached hydrogens (primary N) is 1. The summed E-state index contributed by atoms with van der Waals surface area (Å²) in [6.45, 7) is 8.12. The SMILES string of the molecule is COC(=O)CC(N)(C(C)C)C(C)C. The van der Waals surface area contributed by atoms with Crippen molar-refractivity contribution in [1.29, 1.82) is 0 Å². The van der Waals surface area contributed by atoms with Crippen LogP contribution in [0.15, 0.2) is 0 Å². The second-order valence-electron chi connectivity index (χ2n) is 4.17. The lowest BCUT2D eigenvalue weighted by Crippen LogP contribution is -2.51. The Morgan fingerprint density at radius 2 is 1.69 bits per heavy atom. The molecule has 3 nitrogen and oxygen atoms in total. The van der Waals surface area contributed by atoms with Crippen LogP contribution in [0.25, 0.3) is 0 Å². The molecule has 0 rings (SSSR count). The molecule has 0 bridgehead atoms. The molecule has 0 aliphatic rings. The van der Waals surface area contributed by atoms with E-state index in [1.807, 2.05) is 27.7 Å². The zero-order valence-electron chi connectivity index (χ0n) is 9.26. The number of ether oxygens (including phenoxy) is 1. The molecule has 3 heteroatoms. The number of carbonyl (C=O) groups excluding carboxylic acids is 1. The Labute approximate surface area is 80.6 Å². The molecular weight excluding hydrogens is 166 g/mol. The predicted octanol–water partition coefficient (Wildman–Crippen LogP) is 1.56. The molecule has 13 heavy (non-hydrogen) atoms. The number of hydrogen-bond donors (Lipinski definition) is 1. The van der Waals surface area contributed by atoms with Crippen LogP contribution in [0.4, 0.5) is 0 Å². The Bertz CT molecular complexity index is 168. The maximum absolute atomic E-state index is 11.1. The first-order valence-electron chi connectivity index (χ1n) is 4.70. The van der Waals surface area contributed by atoms with Crippen molar-refractivity contribution in [3.8, 4) is 0 Å². The molecule has 0 saturated carbocycles. The Balaban J connectivity index is 4.51. The number of methoxy groups -OCH3 is 1. The summed E-state index contributed by atoms with van der Waals surface area (Å²) in [7, 11) is 1.39. The Kier molecular flexibility index (Phi) is 4.40. The first-order valence-corrected chi connectivity index (χ1v) is 4.70. The number of rotatable bonds is 4. The van der Waals surface area contributed by atoms with Crippen molar-refractivity contribution < 1.29 is 9.53 Å². The van der Waals surface area contributed by atoms with Crippen LogP contribution in [0.2, 0.25) is 0 Å². The normalized spacial score (nSPS) is 12.3. The first kappa shape index (κ1) is 12.4. The molecule has 0 aromatic rings. The van der Waals surface area contributed by atoms with Crippen LogP contribution in [0.3, 0.4) is 0 Å². The minimum absolute atomic E-state index is 0.232. The van der Waals surface area contributed by atoms with Gasteiger partial charge in [-0.1, -0.05) is 27.7 Å². The minimum atomic E-state index is -0.451. The molecule has 0 radical (unpaired) electrons. The second kappa shape index (κ2) is 4.61. The summed E-state index contributed by atoms with van der Waals surface area (Å²) in [5.74, 6) is 0.308. The molecule has 0 unspecified atom stereocenters. The molecule has 0 saturated heterocycles. The highest BCUT2D eigenvalue weighted by Crippen LogP contribution is 2.27. The van der Waals surface area contributed by atoms with Crippen LogP contribution in [0, 0.1) is 11.8 Å². The third-order valence-corrected chi connectivity index (χ3v) is 2.83. The molecule has 2 N–H and O–H groups in total. The van der Waals surface area contributed by atoms with Crippen LogP contribution in [-0.4, -0.2) is 18.6 Å². The van der Waals surface area contributed by atoms with Gasteiger partial charge in [-0.25, -0.2) is 0 Å². The van der Waals surface area contributed by atoms with Gasteiger partial charge >= 0.3 is 5.97 Å². The predicted molar refractivity (Wildman–Crippen MR) is 53.2 cm³/mol. The summed E-state index contributed by atoms with van der Waals surface area (Å²) < 4.78 is 4.63. The lowest BCUT2D eigenvalue weighted by atomic mass is 9.75. The van der Waals surface area contributed by atoms with E-state index in [9.17, 15) is 4.79 Å². The van der Waals surface area contributed by atoms with Gasteiger partial charge in [-0.2, -0.15) is 0 Å². The minimum Gasteiger partial charge on any atom is -0.469 e. The monoisotopic (exact) mass is 187 g/mol. The van der Waals surface area contributed by atoms with E-state index >= 15 is 0 Å². The molecule has 0 atom stereocenters. The average Bonchev–Trinajstić information content (AvgIpc) is 2.03. The molecule has 0 aromatic carbocycles. The molecule has 0 fully saturated rings. The van der Waals surface area contributed by atoms with Crippen molar-refractivity contribution in [2.45, 2.75) is 39.7 Å². The van der Waals surface area contributed by atoms with Crippen molar-refractivity contribution in [3.05, 3.63) is 0 Å². The summed E-state index contributed by atoms with van der Waals surface area (Å²) in [6.07, 6.45) is 0.291. The largest absolute Gasteiger partial charge is 0.469 e. The molecule has 0 spiro atoms. The molecule has 78 valence electrons. The molecule has 0 heterocycles. The van der Waals surface area contributed by atoms with Gasteiger partial charge in [0.05, 0.1) is 13.5 Å². The van der Waals surface area contributed by atoms with E-state index in [2.05, 4.69) is 4.74 Å². The number of carbonyl (C=O) groups is 1. The molecule has 0 aliphatic carbocycles. The van der Waals surface area contributed by atoms with Crippen molar-refractivity contribution in [2.24, 2.45) is 17.6 Å². The van der Waals surface area contributed by atoms with E-state index in [0.717, 1.165) is 0 Å². The molecule has 0 aromatic heterocycles. The van der Waals surface area contributed by atoms with Crippen LogP contribution >= 0.6 is 0 Å². The summed E-state index contributed by atoms with van der Waals surface area (Å²) in [5.41, 5.74) is 5.71. The van der Waals surface area contributed by atoms with Gasteiger partial charge in [0, 0.05) is 5.54 Å². The quantitative estimate of drug-likeness (QED) is 0.679. The Hall–Kier alpha value is -0.570. The molecule has 0 aliphatic heterocycles. The summed E-state index contributed by atoms with van der Waals surface area (Å²) in [6, 6.07) is 0. The van der Waals surface area contributed by atoms with E-state index < -0.39 is 5.54 Å². The van der Waals surface area contributed by atoms with Crippen LogP contribution < -0.4 is 5.73 Å². The molecular formula is C10H21NO2. The van der Waals surface area contributed by atoms with Crippen molar-refractivity contribution >= 4 is 5.97 Å². The van der Waals surface area contributed by atoms with E-state index in [1.165, 1.54) is 7.11 Å². The number of esters is 1. The van der Waals surface area contributed by atoms with Crippen molar-refractivity contribution in [3.63, 3.8) is 0 Å². The fourth-order valence-corrected chi connectivity index (χ4v) is 1.40. The van der Waals surface area contributed by atoms with Crippen molar-refractivity contribution in [2.75, 3.05) is 7.11 Å². The highest BCUT2D eigenvalue weighted by molar-refractivity contribution is 5.70. The van der Waals surface area contributed by atoms with Gasteiger partial charge in [0.1, 0.15) is 0 Å². The average molecular weight is 187 g/mol. The van der Waals surface area contributed by atoms with Crippen LogP contribution in [0.1, 0.15) is 34.1 Å². The summed E-state index contributed by atoms with van der Waals surface area (Å²) in [4.78, 5) is 11.1. The zero-order valence-corrected chi connectivity index (χ0v) is 9.26. The van der Waals surface area contributed by atoms with Gasteiger partial charge in [-0.05, 0) is 11.8 Å². The fraction of sp³-hybridized carbons (Fsp3) is 0.900. The van der Waals surface area contributed by atoms with Gasteiger partial charge in [-0.15, -0.1) is 0 Å². The van der Waals surface area contributed by atoms with E-state index in [1.54, 1.807) is 0 Å². The van der Waals surface area contributed by atoms with Crippen LogP contribution in [0.5, 0.6) is 0 Å².